The predicted molar refractivity (Wildman–Crippen MR) is 90.0 cm³/mol. The monoisotopic (exact) mass is 294 g/mol. The number of anilines is 1. The summed E-state index contributed by atoms with van der Waals surface area (Å²) in [5.41, 5.74) is 4.79. The molecule has 1 aliphatic heterocycles. The van der Waals surface area contributed by atoms with Crippen LogP contribution in [0.25, 0.3) is 0 Å². The summed E-state index contributed by atoms with van der Waals surface area (Å²) in [6, 6.07) is 16.8. The first kappa shape index (κ1) is 14.8. The fourth-order valence-corrected chi connectivity index (χ4v) is 3.17. The molecule has 22 heavy (non-hydrogen) atoms. The molecule has 3 rings (SSSR count). The van der Waals surface area contributed by atoms with Gasteiger partial charge in [-0.2, -0.15) is 0 Å². The van der Waals surface area contributed by atoms with Crippen LogP contribution in [-0.2, 0) is 17.8 Å². The number of nitrogens with zero attached hydrogens (tertiary/aromatic N) is 1. The standard InChI is InChI=1S/C19H22N2O/c1-14-6-5-7-16(10-14)12-20-13-19(22)21-15(2)11-17-8-3-4-9-18(17)21/h3-10,15,20H,11-13H2,1-2H3. The van der Waals surface area contributed by atoms with Crippen molar-refractivity contribution in [1.29, 1.82) is 0 Å². The van der Waals surface area contributed by atoms with Crippen molar-refractivity contribution in [2.24, 2.45) is 0 Å². The molecule has 3 nitrogen and oxygen atoms in total. The third kappa shape index (κ3) is 3.04. The predicted octanol–water partition coefficient (Wildman–Crippen LogP) is 3.06. The Labute approximate surface area is 132 Å². The van der Waals surface area contributed by atoms with Crippen LogP contribution in [0.4, 0.5) is 5.69 Å². The van der Waals surface area contributed by atoms with E-state index in [1.165, 1.54) is 16.7 Å². The van der Waals surface area contributed by atoms with E-state index in [1.54, 1.807) is 0 Å². The van der Waals surface area contributed by atoms with Crippen LogP contribution in [0.3, 0.4) is 0 Å². The minimum absolute atomic E-state index is 0.144. The molecular weight excluding hydrogens is 272 g/mol. The van der Waals surface area contributed by atoms with Crippen LogP contribution in [0, 0.1) is 6.92 Å². The maximum Gasteiger partial charge on any atom is 0.241 e. The minimum atomic E-state index is 0.144. The fourth-order valence-electron chi connectivity index (χ4n) is 3.17. The van der Waals surface area contributed by atoms with Gasteiger partial charge in [0.2, 0.25) is 5.91 Å². The molecule has 1 unspecified atom stereocenters. The maximum atomic E-state index is 12.5. The number of hydrogen-bond acceptors (Lipinski definition) is 2. The Morgan fingerprint density at radius 3 is 2.86 bits per heavy atom. The van der Waals surface area contributed by atoms with Crippen molar-refractivity contribution >= 4 is 11.6 Å². The van der Waals surface area contributed by atoms with E-state index in [4.69, 9.17) is 0 Å². The molecule has 0 bridgehead atoms. The van der Waals surface area contributed by atoms with Crippen LogP contribution in [0.15, 0.2) is 48.5 Å². The molecule has 0 aliphatic carbocycles. The molecule has 3 heteroatoms. The van der Waals surface area contributed by atoms with Crippen LogP contribution in [0.2, 0.25) is 0 Å². The molecule has 1 atom stereocenters. The second kappa shape index (κ2) is 6.32. The Kier molecular flexibility index (Phi) is 4.25. The summed E-state index contributed by atoms with van der Waals surface area (Å²) in [4.78, 5) is 14.5. The highest BCUT2D eigenvalue weighted by Gasteiger charge is 2.29. The third-order valence-electron chi connectivity index (χ3n) is 4.16. The second-order valence-corrected chi connectivity index (χ2v) is 6.04. The Hall–Kier alpha value is -2.13. The number of rotatable bonds is 4. The van der Waals surface area contributed by atoms with Crippen molar-refractivity contribution < 1.29 is 4.79 Å². The van der Waals surface area contributed by atoms with Gasteiger partial charge in [0.1, 0.15) is 0 Å². The highest BCUT2D eigenvalue weighted by molar-refractivity contribution is 5.97. The molecule has 114 valence electrons. The van der Waals surface area contributed by atoms with Gasteiger partial charge in [0, 0.05) is 18.3 Å². The Morgan fingerprint density at radius 2 is 2.05 bits per heavy atom. The Balaban J connectivity index is 1.61. The van der Waals surface area contributed by atoms with Crippen molar-refractivity contribution in [2.45, 2.75) is 32.9 Å². The summed E-state index contributed by atoms with van der Waals surface area (Å²) >= 11 is 0. The summed E-state index contributed by atoms with van der Waals surface area (Å²) < 4.78 is 0. The minimum Gasteiger partial charge on any atom is -0.308 e. The molecule has 1 amide bonds. The van der Waals surface area contributed by atoms with E-state index in [-0.39, 0.29) is 11.9 Å². The molecule has 0 spiro atoms. The molecule has 1 N–H and O–H groups in total. The van der Waals surface area contributed by atoms with Gasteiger partial charge in [0.05, 0.1) is 6.54 Å². The summed E-state index contributed by atoms with van der Waals surface area (Å²) in [6.45, 7) is 5.28. The number of fused-ring (bicyclic) bond motifs is 1. The van der Waals surface area contributed by atoms with Crippen molar-refractivity contribution in [2.75, 3.05) is 11.4 Å². The van der Waals surface area contributed by atoms with Crippen LogP contribution < -0.4 is 10.2 Å². The number of nitrogens with one attached hydrogen (secondary N) is 1. The Morgan fingerprint density at radius 1 is 1.23 bits per heavy atom. The van der Waals surface area contributed by atoms with Gasteiger partial charge in [-0.3, -0.25) is 4.79 Å². The van der Waals surface area contributed by atoms with Gasteiger partial charge in [0.15, 0.2) is 0 Å². The molecule has 0 saturated heterocycles. The zero-order valence-electron chi connectivity index (χ0n) is 13.2. The molecule has 1 aliphatic rings. The zero-order chi connectivity index (χ0) is 15.5. The van der Waals surface area contributed by atoms with Gasteiger partial charge in [-0.25, -0.2) is 0 Å². The molecule has 2 aromatic rings. The fraction of sp³-hybridized carbons (Fsp3) is 0.316. The smallest absolute Gasteiger partial charge is 0.241 e. The molecule has 0 radical (unpaired) electrons. The number of carbonyl (C=O) groups is 1. The topological polar surface area (TPSA) is 32.3 Å². The Bertz CT molecular complexity index is 681. The number of carbonyl (C=O) groups excluding carboxylic acids is 1. The van der Waals surface area contributed by atoms with Crippen molar-refractivity contribution in [3.8, 4) is 0 Å². The summed E-state index contributed by atoms with van der Waals surface area (Å²) in [6.07, 6.45) is 0.944. The largest absolute Gasteiger partial charge is 0.308 e. The lowest BCUT2D eigenvalue weighted by molar-refractivity contribution is -0.118. The first-order valence-electron chi connectivity index (χ1n) is 7.81. The number of para-hydroxylation sites is 1. The van der Waals surface area contributed by atoms with Gasteiger partial charge in [-0.1, -0.05) is 48.0 Å². The highest BCUT2D eigenvalue weighted by Crippen LogP contribution is 2.31. The SMILES string of the molecule is Cc1cccc(CNCC(=O)N2c3ccccc3CC2C)c1. The molecule has 1 heterocycles. The quantitative estimate of drug-likeness (QED) is 0.940. The van der Waals surface area contributed by atoms with Crippen molar-refractivity contribution in [3.05, 3.63) is 65.2 Å². The van der Waals surface area contributed by atoms with Crippen LogP contribution in [0.1, 0.15) is 23.6 Å². The average Bonchev–Trinajstić information content (AvgIpc) is 2.83. The van der Waals surface area contributed by atoms with E-state index in [0.29, 0.717) is 6.54 Å². The number of amides is 1. The maximum absolute atomic E-state index is 12.5. The lowest BCUT2D eigenvalue weighted by Crippen LogP contribution is -2.41. The van der Waals surface area contributed by atoms with Gasteiger partial charge in [0.25, 0.3) is 0 Å². The van der Waals surface area contributed by atoms with Crippen molar-refractivity contribution in [3.63, 3.8) is 0 Å². The molecule has 2 aromatic carbocycles. The van der Waals surface area contributed by atoms with Gasteiger partial charge in [-0.05, 0) is 37.5 Å². The first-order chi connectivity index (χ1) is 10.6. The van der Waals surface area contributed by atoms with Crippen LogP contribution in [0.5, 0.6) is 0 Å². The normalized spacial score (nSPS) is 16.6. The first-order valence-corrected chi connectivity index (χ1v) is 7.81. The van der Waals surface area contributed by atoms with Crippen LogP contribution in [-0.4, -0.2) is 18.5 Å². The number of benzene rings is 2. The second-order valence-electron chi connectivity index (χ2n) is 6.04. The summed E-state index contributed by atoms with van der Waals surface area (Å²) in [5.74, 6) is 0.144. The van der Waals surface area contributed by atoms with Gasteiger partial charge in [-0.15, -0.1) is 0 Å². The summed E-state index contributed by atoms with van der Waals surface area (Å²) in [7, 11) is 0. The van der Waals surface area contributed by atoms with Crippen LogP contribution >= 0.6 is 0 Å². The highest BCUT2D eigenvalue weighted by atomic mass is 16.2. The zero-order valence-corrected chi connectivity index (χ0v) is 13.2. The van der Waals surface area contributed by atoms with E-state index < -0.39 is 0 Å². The lowest BCUT2D eigenvalue weighted by atomic mass is 10.1. The van der Waals surface area contributed by atoms with E-state index >= 15 is 0 Å². The van der Waals surface area contributed by atoms with Crippen molar-refractivity contribution in [1.82, 2.24) is 5.32 Å². The number of aryl methyl sites for hydroxylation is 1. The van der Waals surface area contributed by atoms with E-state index in [2.05, 4.69) is 43.4 Å². The average molecular weight is 294 g/mol. The van der Waals surface area contributed by atoms with E-state index in [0.717, 1.165) is 18.7 Å². The molecule has 0 aromatic heterocycles. The van der Waals surface area contributed by atoms with E-state index in [9.17, 15) is 4.79 Å². The summed E-state index contributed by atoms with van der Waals surface area (Å²) in [5, 5.41) is 3.27. The molecule has 0 fully saturated rings. The van der Waals surface area contributed by atoms with Gasteiger partial charge >= 0.3 is 0 Å². The molecular formula is C19H22N2O. The van der Waals surface area contributed by atoms with E-state index in [1.807, 2.05) is 29.2 Å². The molecule has 0 saturated carbocycles. The van der Waals surface area contributed by atoms with Gasteiger partial charge < -0.3 is 10.2 Å². The lowest BCUT2D eigenvalue weighted by Gasteiger charge is -2.23. The third-order valence-corrected chi connectivity index (χ3v) is 4.16. The number of hydrogen-bond donors (Lipinski definition) is 1.